The number of rotatable bonds is 13. The quantitative estimate of drug-likeness (QED) is 0.0592. The summed E-state index contributed by atoms with van der Waals surface area (Å²) in [6.45, 7) is 1.27. The van der Waals surface area contributed by atoms with Crippen LogP contribution < -0.4 is 24.8 Å². The van der Waals surface area contributed by atoms with Gasteiger partial charge in [-0.2, -0.15) is 0 Å². The van der Waals surface area contributed by atoms with Crippen molar-refractivity contribution in [3.05, 3.63) is 130 Å². The summed E-state index contributed by atoms with van der Waals surface area (Å²) in [6.07, 6.45) is 11.1. The van der Waals surface area contributed by atoms with Crippen molar-refractivity contribution in [1.29, 1.82) is 0 Å². The number of nitrogens with zero attached hydrogens (tertiary/aromatic N) is 4. The van der Waals surface area contributed by atoms with Crippen molar-refractivity contribution in [2.24, 2.45) is 7.05 Å². The number of amides is 2. The molecule has 0 radical (unpaired) electrons. The molecule has 1 aliphatic heterocycles. The summed E-state index contributed by atoms with van der Waals surface area (Å²) in [4.78, 5) is 41.0. The number of carbonyl (C=O) groups excluding carboxylic acids is 2. The molecule has 1 aliphatic rings. The molecule has 0 unspecified atom stereocenters. The number of aryl methyl sites for hydroxylation is 1. The summed E-state index contributed by atoms with van der Waals surface area (Å²) < 4.78 is 7.96. The highest BCUT2D eigenvalue weighted by Crippen LogP contribution is 2.35. The molecule has 0 fully saturated rings. The van der Waals surface area contributed by atoms with Crippen LogP contribution in [0, 0.1) is 10.1 Å². The average Bonchev–Trinajstić information content (AvgIpc) is 3.59. The number of hydrogen-bond donors (Lipinski definition) is 2. The molecule has 5 aromatic rings. The Morgan fingerprint density at radius 2 is 1.84 bits per heavy atom. The van der Waals surface area contributed by atoms with Crippen LogP contribution in [-0.4, -0.2) is 34.9 Å². The third-order valence-electron chi connectivity index (χ3n) is 8.11. The van der Waals surface area contributed by atoms with Crippen molar-refractivity contribution in [2.75, 3.05) is 23.4 Å². The molecule has 0 saturated carbocycles. The van der Waals surface area contributed by atoms with Crippen LogP contribution in [0.3, 0.4) is 0 Å². The molecule has 0 saturated heterocycles. The number of nitrogens with one attached hydrogen (secondary N) is 2. The number of thiazole rings is 1. The van der Waals surface area contributed by atoms with Gasteiger partial charge in [-0.05, 0) is 70.9 Å². The second-order valence-corrected chi connectivity index (χ2v) is 12.5. The molecule has 6 rings (SSSR count). The van der Waals surface area contributed by atoms with Gasteiger partial charge in [0.1, 0.15) is 24.8 Å². The van der Waals surface area contributed by atoms with E-state index in [0.29, 0.717) is 38.2 Å². The number of carbonyl (C=O) groups is 2. The molecule has 12 heteroatoms. The Labute approximate surface area is 287 Å². The maximum atomic E-state index is 12.8. The van der Waals surface area contributed by atoms with E-state index in [1.54, 1.807) is 0 Å². The number of anilines is 2. The van der Waals surface area contributed by atoms with Gasteiger partial charge >= 0.3 is 11.0 Å². The largest absolute Gasteiger partial charge is 0.494 e. The molecule has 11 nitrogen and oxygen atoms in total. The summed E-state index contributed by atoms with van der Waals surface area (Å²) in [5.74, 6) is 0.860. The number of aromatic nitrogens is 2. The predicted octanol–water partition coefficient (Wildman–Crippen LogP) is 7.04. The van der Waals surface area contributed by atoms with Gasteiger partial charge in [0.05, 0.1) is 16.9 Å². The van der Waals surface area contributed by atoms with E-state index in [1.807, 2.05) is 36.4 Å². The number of benzene rings is 3. The Morgan fingerprint density at radius 1 is 1.04 bits per heavy atom. The summed E-state index contributed by atoms with van der Waals surface area (Å²) >= 11 is 0.784. The maximum Gasteiger partial charge on any atom is 0.345 e. The van der Waals surface area contributed by atoms with Crippen LogP contribution in [-0.2, 0) is 18.4 Å². The molecule has 2 aromatic heterocycles. The van der Waals surface area contributed by atoms with Crippen molar-refractivity contribution in [2.45, 2.75) is 25.8 Å². The van der Waals surface area contributed by atoms with Crippen molar-refractivity contribution >= 4 is 61.5 Å². The van der Waals surface area contributed by atoms with Crippen molar-refractivity contribution in [1.82, 2.24) is 10.3 Å². The molecule has 3 aromatic carbocycles. The molecule has 2 amide bonds. The fraction of sp³-hybridized carbons (Fsp3) is 0.189. The first kappa shape index (κ1) is 33.0. The molecular weight excluding hydrogens is 641 g/mol. The lowest BCUT2D eigenvalue weighted by Crippen LogP contribution is -2.28. The third-order valence-corrected chi connectivity index (χ3v) is 8.98. The summed E-state index contributed by atoms with van der Waals surface area (Å²) in [6, 6.07) is 25.6. The molecule has 2 N–H and O–H groups in total. The SMILES string of the molecule is C[n+]1ccc(C=C2C=CN(CCC(=O)CCCOc3ccc(CNC(=O)Nc4ncc([N+](=O)[O-])s4)cc3)c3ccccc32)c2ccccc21. The van der Waals surface area contributed by atoms with E-state index >= 15 is 0 Å². The van der Waals surface area contributed by atoms with Crippen LogP contribution >= 0.6 is 11.3 Å². The molecule has 3 heterocycles. The van der Waals surface area contributed by atoms with Crippen molar-refractivity contribution in [3.63, 3.8) is 0 Å². The Morgan fingerprint density at radius 3 is 2.65 bits per heavy atom. The lowest BCUT2D eigenvalue weighted by Gasteiger charge is -2.27. The highest BCUT2D eigenvalue weighted by molar-refractivity contribution is 7.18. The summed E-state index contributed by atoms with van der Waals surface area (Å²) in [7, 11) is 2.06. The summed E-state index contributed by atoms with van der Waals surface area (Å²) in [5, 5.41) is 17.1. The lowest BCUT2D eigenvalue weighted by molar-refractivity contribution is -0.644. The second-order valence-electron chi connectivity index (χ2n) is 11.5. The van der Waals surface area contributed by atoms with Gasteiger partial charge < -0.3 is 15.0 Å². The number of urea groups is 1. The Hall–Kier alpha value is -5.88. The molecule has 248 valence electrons. The Bertz CT molecular complexity index is 2060. The monoisotopic (exact) mass is 675 g/mol. The van der Waals surface area contributed by atoms with Gasteiger partial charge in [0.15, 0.2) is 11.3 Å². The number of fused-ring (bicyclic) bond motifs is 2. The first-order chi connectivity index (χ1) is 23.8. The fourth-order valence-corrected chi connectivity index (χ4v) is 6.20. The van der Waals surface area contributed by atoms with Gasteiger partial charge in [-0.1, -0.05) is 42.5 Å². The number of ether oxygens (including phenoxy) is 1. The molecule has 0 aliphatic carbocycles. The number of allylic oxidation sites excluding steroid dienone is 2. The van der Waals surface area contributed by atoms with Gasteiger partial charge in [0.2, 0.25) is 5.52 Å². The van der Waals surface area contributed by atoms with Gasteiger partial charge in [-0.3, -0.25) is 20.2 Å². The molecule has 0 atom stereocenters. The molecule has 0 spiro atoms. The smallest absolute Gasteiger partial charge is 0.345 e. The summed E-state index contributed by atoms with van der Waals surface area (Å²) in [5.41, 5.74) is 6.54. The van der Waals surface area contributed by atoms with E-state index < -0.39 is 11.0 Å². The van der Waals surface area contributed by atoms with Crippen LogP contribution in [0.25, 0.3) is 22.6 Å². The van der Waals surface area contributed by atoms with Gasteiger partial charge in [0.25, 0.3) is 0 Å². The fourth-order valence-electron chi connectivity index (χ4n) is 5.57. The molecule has 0 bridgehead atoms. The standard InChI is InChI=1S/C37H34N6O5S/c1-41-19-16-27(31-8-2-4-10-33(31)41)23-28-17-20-42(34-11-5-3-9-32(28)34)21-18-29(44)7-6-22-48-30-14-12-26(13-15-30)24-38-36(45)40-37-39-25-35(49-37)43(46)47/h2-5,8-17,19-20,23,25H,6-7,18,21-22,24H2,1H3,(H-,38,39,40,45)/p+1. The number of nitro groups is 1. The van der Waals surface area contributed by atoms with E-state index in [1.165, 1.54) is 10.9 Å². The van der Waals surface area contributed by atoms with Crippen molar-refractivity contribution < 1.29 is 23.8 Å². The first-order valence-corrected chi connectivity index (χ1v) is 16.7. The number of pyridine rings is 1. The van der Waals surface area contributed by atoms with Crippen LogP contribution in [0.15, 0.2) is 104 Å². The molecular formula is C37H35N6O5S+. The van der Waals surface area contributed by atoms with E-state index in [-0.39, 0.29) is 22.5 Å². The van der Waals surface area contributed by atoms with Crippen LogP contribution in [0.5, 0.6) is 5.75 Å². The minimum atomic E-state index is -0.558. The zero-order valence-corrected chi connectivity index (χ0v) is 27.7. The van der Waals surface area contributed by atoms with Crippen LogP contribution in [0.1, 0.15) is 36.0 Å². The zero-order chi connectivity index (χ0) is 34.2. The zero-order valence-electron chi connectivity index (χ0n) is 26.9. The van der Waals surface area contributed by atoms with Gasteiger partial charge in [-0.25, -0.2) is 14.3 Å². The van der Waals surface area contributed by atoms with Crippen LogP contribution in [0.4, 0.5) is 20.6 Å². The van der Waals surface area contributed by atoms with E-state index in [4.69, 9.17) is 4.74 Å². The highest BCUT2D eigenvalue weighted by Gasteiger charge is 2.18. The van der Waals surface area contributed by atoms with E-state index in [9.17, 15) is 19.7 Å². The highest BCUT2D eigenvalue weighted by atomic mass is 32.1. The number of ketones is 1. The minimum Gasteiger partial charge on any atom is -0.494 e. The van der Waals surface area contributed by atoms with E-state index in [0.717, 1.165) is 45.5 Å². The Kier molecular flexibility index (Phi) is 10.3. The predicted molar refractivity (Wildman–Crippen MR) is 191 cm³/mol. The van der Waals surface area contributed by atoms with Gasteiger partial charge in [0, 0.05) is 55.5 Å². The first-order valence-electron chi connectivity index (χ1n) is 15.9. The lowest BCUT2D eigenvalue weighted by atomic mass is 9.96. The van der Waals surface area contributed by atoms with Gasteiger partial charge in [-0.15, -0.1) is 0 Å². The minimum absolute atomic E-state index is 0.147. The number of Topliss-reactive ketones (excluding diaryl/α,β-unsaturated/α-hetero) is 1. The Balaban J connectivity index is 0.940. The average molecular weight is 676 g/mol. The maximum absolute atomic E-state index is 12.8. The van der Waals surface area contributed by atoms with Crippen molar-refractivity contribution in [3.8, 4) is 5.75 Å². The van der Waals surface area contributed by atoms with Crippen LogP contribution in [0.2, 0.25) is 0 Å². The number of hydrogen-bond acceptors (Lipinski definition) is 8. The van der Waals surface area contributed by atoms with E-state index in [2.05, 4.69) is 99.1 Å². The third kappa shape index (κ3) is 8.35. The number of para-hydroxylation sites is 2. The second kappa shape index (κ2) is 15.3. The molecule has 49 heavy (non-hydrogen) atoms. The topological polar surface area (TPSA) is 131 Å². The normalized spacial score (nSPS) is 12.9.